The molecule has 1 aromatic carbocycles. The summed E-state index contributed by atoms with van der Waals surface area (Å²) >= 11 is 0. The fraction of sp³-hybridized carbons (Fsp3) is 0.312. The summed E-state index contributed by atoms with van der Waals surface area (Å²) < 4.78 is 5.56. The summed E-state index contributed by atoms with van der Waals surface area (Å²) in [6.45, 7) is 10.1. The molecule has 0 saturated carbocycles. The second kappa shape index (κ2) is 6.78. The van der Waals surface area contributed by atoms with E-state index in [4.69, 9.17) is 4.74 Å². The van der Waals surface area contributed by atoms with E-state index in [1.807, 2.05) is 0 Å². The zero-order valence-electron chi connectivity index (χ0n) is 11.7. The largest absolute Gasteiger partial charge is 0.508 e. The molecule has 0 unspecified atom stereocenters. The van der Waals surface area contributed by atoms with E-state index in [0.717, 1.165) is 6.42 Å². The number of carbonyl (C=O) groups is 1. The fourth-order valence-corrected chi connectivity index (χ4v) is 1.50. The van der Waals surface area contributed by atoms with Crippen molar-refractivity contribution >= 4 is 5.78 Å². The van der Waals surface area contributed by atoms with Gasteiger partial charge in [0.25, 0.3) is 0 Å². The van der Waals surface area contributed by atoms with Crippen molar-refractivity contribution in [2.24, 2.45) is 0 Å². The molecule has 0 amide bonds. The van der Waals surface area contributed by atoms with Crippen LogP contribution in [0.4, 0.5) is 0 Å². The van der Waals surface area contributed by atoms with Crippen LogP contribution in [0.2, 0.25) is 0 Å². The Balaban J connectivity index is 2.74. The Morgan fingerprint density at radius 2 is 2.00 bits per heavy atom. The van der Waals surface area contributed by atoms with Crippen LogP contribution in [0.15, 0.2) is 42.0 Å². The first-order valence-electron chi connectivity index (χ1n) is 6.20. The molecule has 0 radical (unpaired) electrons. The number of rotatable bonds is 6. The number of benzene rings is 1. The number of phenols is 1. The third kappa shape index (κ3) is 4.62. The second-order valence-corrected chi connectivity index (χ2v) is 4.66. The van der Waals surface area contributed by atoms with Crippen LogP contribution >= 0.6 is 0 Å². The Kier molecular flexibility index (Phi) is 5.37. The monoisotopic (exact) mass is 260 g/mol. The minimum absolute atomic E-state index is 0.0154. The fourth-order valence-electron chi connectivity index (χ4n) is 1.50. The maximum absolute atomic E-state index is 11.5. The highest BCUT2D eigenvalue weighted by molar-refractivity contribution is 6.04. The van der Waals surface area contributed by atoms with E-state index in [-0.39, 0.29) is 11.5 Å². The summed E-state index contributed by atoms with van der Waals surface area (Å²) in [5.41, 5.74) is 2.94. The van der Waals surface area contributed by atoms with E-state index in [0.29, 0.717) is 17.9 Å². The van der Waals surface area contributed by atoms with Gasteiger partial charge in [-0.15, -0.1) is 0 Å². The van der Waals surface area contributed by atoms with Crippen LogP contribution < -0.4 is 4.74 Å². The Labute approximate surface area is 114 Å². The van der Waals surface area contributed by atoms with Gasteiger partial charge in [0.05, 0.1) is 6.61 Å². The van der Waals surface area contributed by atoms with Crippen molar-refractivity contribution < 1.29 is 14.6 Å². The molecule has 0 bridgehead atoms. The van der Waals surface area contributed by atoms with Gasteiger partial charge in [-0.1, -0.05) is 17.7 Å². The molecule has 3 heteroatoms. The van der Waals surface area contributed by atoms with E-state index in [2.05, 4.69) is 27.4 Å². The average Bonchev–Trinajstić information content (AvgIpc) is 2.36. The number of ether oxygens (including phenoxy) is 1. The first-order valence-corrected chi connectivity index (χ1v) is 6.20. The predicted molar refractivity (Wildman–Crippen MR) is 76.8 cm³/mol. The number of carbonyl (C=O) groups excluding carboxylic acids is 1. The van der Waals surface area contributed by atoms with Gasteiger partial charge in [-0.25, -0.2) is 0 Å². The number of allylic oxidation sites excluding steroid dienone is 2. The lowest BCUT2D eigenvalue weighted by Gasteiger charge is -2.09. The third-order valence-corrected chi connectivity index (χ3v) is 2.96. The molecule has 0 saturated heterocycles. The molecule has 1 aromatic rings. The molecule has 19 heavy (non-hydrogen) atoms. The van der Waals surface area contributed by atoms with E-state index in [1.54, 1.807) is 6.07 Å². The van der Waals surface area contributed by atoms with Crippen molar-refractivity contribution in [3.8, 4) is 11.5 Å². The number of ketones is 1. The Hall–Kier alpha value is -2.03. The Bertz CT molecular complexity index is 509. The minimum Gasteiger partial charge on any atom is -0.508 e. The topological polar surface area (TPSA) is 46.5 Å². The molecule has 102 valence electrons. The van der Waals surface area contributed by atoms with Crippen LogP contribution in [-0.2, 0) is 0 Å². The highest BCUT2D eigenvalue weighted by Gasteiger charge is 2.06. The molecule has 0 aliphatic heterocycles. The first-order chi connectivity index (χ1) is 8.93. The highest BCUT2D eigenvalue weighted by atomic mass is 16.5. The maximum Gasteiger partial charge on any atom is 0.185 e. The van der Waals surface area contributed by atoms with Crippen LogP contribution in [-0.4, -0.2) is 17.5 Å². The number of hydrogen-bond donors (Lipinski definition) is 1. The van der Waals surface area contributed by atoms with Crippen LogP contribution in [0, 0.1) is 0 Å². The normalized spacial score (nSPS) is 9.84. The lowest BCUT2D eigenvalue weighted by atomic mass is 10.1. The van der Waals surface area contributed by atoms with Gasteiger partial charge >= 0.3 is 0 Å². The van der Waals surface area contributed by atoms with Gasteiger partial charge in [-0.3, -0.25) is 4.79 Å². The lowest BCUT2D eigenvalue weighted by Crippen LogP contribution is -2.00. The van der Waals surface area contributed by atoms with Crippen LogP contribution in [0.25, 0.3) is 0 Å². The molecule has 1 N–H and O–H groups in total. The molecular formula is C16H20O3. The van der Waals surface area contributed by atoms with Crippen LogP contribution in [0.1, 0.15) is 37.6 Å². The van der Waals surface area contributed by atoms with E-state index >= 15 is 0 Å². The third-order valence-electron chi connectivity index (χ3n) is 2.96. The molecule has 3 nitrogen and oxygen atoms in total. The van der Waals surface area contributed by atoms with E-state index in [9.17, 15) is 9.90 Å². The SMILES string of the molecule is C=CC(=O)c1cc(O)cc(OCCC(C)=C(C)C)c1. The summed E-state index contributed by atoms with van der Waals surface area (Å²) in [7, 11) is 0. The van der Waals surface area contributed by atoms with Gasteiger partial charge < -0.3 is 9.84 Å². The molecule has 0 atom stereocenters. The standard InChI is InChI=1S/C16H20O3/c1-5-16(18)13-8-14(17)10-15(9-13)19-7-6-12(4)11(2)3/h5,8-10,17H,1,6-7H2,2-4H3. The average molecular weight is 260 g/mol. The molecule has 0 spiro atoms. The van der Waals surface area contributed by atoms with Gasteiger partial charge in [0.1, 0.15) is 11.5 Å². The van der Waals surface area contributed by atoms with Gasteiger partial charge in [-0.05, 0) is 39.0 Å². The summed E-state index contributed by atoms with van der Waals surface area (Å²) in [5.74, 6) is 0.273. The van der Waals surface area contributed by atoms with Crippen LogP contribution in [0.3, 0.4) is 0 Å². The molecule has 0 aromatic heterocycles. The van der Waals surface area contributed by atoms with Gasteiger partial charge in [-0.2, -0.15) is 0 Å². The van der Waals surface area contributed by atoms with Gasteiger partial charge in [0.2, 0.25) is 0 Å². The lowest BCUT2D eigenvalue weighted by molar-refractivity contribution is 0.104. The molecule has 0 fully saturated rings. The smallest absolute Gasteiger partial charge is 0.185 e. The number of aromatic hydroxyl groups is 1. The maximum atomic E-state index is 11.5. The molecular weight excluding hydrogens is 240 g/mol. The summed E-state index contributed by atoms with van der Waals surface area (Å²) in [6, 6.07) is 4.51. The van der Waals surface area contributed by atoms with E-state index < -0.39 is 0 Å². The molecule has 1 rings (SSSR count). The summed E-state index contributed by atoms with van der Waals surface area (Å²) in [5, 5.41) is 9.56. The zero-order chi connectivity index (χ0) is 14.4. The first kappa shape index (κ1) is 15.0. The van der Waals surface area contributed by atoms with Crippen molar-refractivity contribution in [1.82, 2.24) is 0 Å². The zero-order valence-corrected chi connectivity index (χ0v) is 11.7. The van der Waals surface area contributed by atoms with Gasteiger partial charge in [0.15, 0.2) is 5.78 Å². The Morgan fingerprint density at radius 1 is 1.32 bits per heavy atom. The molecule has 0 aliphatic rings. The van der Waals surface area contributed by atoms with E-state index in [1.165, 1.54) is 29.4 Å². The quantitative estimate of drug-likeness (QED) is 0.479. The van der Waals surface area contributed by atoms with Gasteiger partial charge in [0, 0.05) is 18.1 Å². The van der Waals surface area contributed by atoms with Crippen molar-refractivity contribution in [2.75, 3.05) is 6.61 Å². The Morgan fingerprint density at radius 3 is 2.58 bits per heavy atom. The predicted octanol–water partition coefficient (Wildman–Crippen LogP) is 3.89. The molecule has 0 heterocycles. The van der Waals surface area contributed by atoms with Crippen molar-refractivity contribution in [1.29, 1.82) is 0 Å². The number of hydrogen-bond acceptors (Lipinski definition) is 3. The molecule has 0 aliphatic carbocycles. The summed E-state index contributed by atoms with van der Waals surface area (Å²) in [4.78, 5) is 11.5. The second-order valence-electron chi connectivity index (χ2n) is 4.66. The van der Waals surface area contributed by atoms with Crippen molar-refractivity contribution in [3.05, 3.63) is 47.6 Å². The summed E-state index contributed by atoms with van der Waals surface area (Å²) in [6.07, 6.45) is 2.04. The number of phenolic OH excluding ortho intramolecular Hbond substituents is 1. The highest BCUT2D eigenvalue weighted by Crippen LogP contribution is 2.23. The van der Waals surface area contributed by atoms with Crippen molar-refractivity contribution in [2.45, 2.75) is 27.2 Å². The minimum atomic E-state index is -0.235. The van der Waals surface area contributed by atoms with Crippen LogP contribution in [0.5, 0.6) is 11.5 Å². The van der Waals surface area contributed by atoms with Crippen molar-refractivity contribution in [3.63, 3.8) is 0 Å².